The number of para-hydroxylation sites is 1. The van der Waals surface area contributed by atoms with Crippen molar-refractivity contribution < 1.29 is 4.79 Å². The van der Waals surface area contributed by atoms with Crippen LogP contribution in [0.2, 0.25) is 0 Å². The van der Waals surface area contributed by atoms with Crippen molar-refractivity contribution in [1.29, 1.82) is 0 Å². The van der Waals surface area contributed by atoms with Crippen molar-refractivity contribution in [3.63, 3.8) is 0 Å². The highest BCUT2D eigenvalue weighted by molar-refractivity contribution is 5.81. The van der Waals surface area contributed by atoms with Gasteiger partial charge in [0.15, 0.2) is 0 Å². The topological polar surface area (TPSA) is 52.2 Å². The van der Waals surface area contributed by atoms with Crippen LogP contribution >= 0.6 is 0 Å². The van der Waals surface area contributed by atoms with Crippen LogP contribution < -0.4 is 5.49 Å². The Morgan fingerprint density at radius 3 is 2.52 bits per heavy atom. The van der Waals surface area contributed by atoms with E-state index in [4.69, 9.17) is 4.99 Å². The van der Waals surface area contributed by atoms with Crippen LogP contribution in [0.1, 0.15) is 53.8 Å². The van der Waals surface area contributed by atoms with Gasteiger partial charge in [-0.3, -0.25) is 14.4 Å². The Morgan fingerprint density at radius 2 is 1.76 bits per heavy atom. The van der Waals surface area contributed by atoms with Crippen LogP contribution in [-0.2, 0) is 6.42 Å². The fourth-order valence-electron chi connectivity index (χ4n) is 4.14. The van der Waals surface area contributed by atoms with Gasteiger partial charge >= 0.3 is 0 Å². The fraction of sp³-hybridized carbons (Fsp3) is 0.375. The largest absolute Gasteiger partial charge is 0.274 e. The molecule has 1 aromatic carbocycles. The molecule has 1 fully saturated rings. The van der Waals surface area contributed by atoms with Gasteiger partial charge in [0.2, 0.25) is 5.91 Å². The van der Waals surface area contributed by atoms with Crippen molar-refractivity contribution in [2.45, 2.75) is 58.4 Å². The fourth-order valence-corrected chi connectivity index (χ4v) is 4.14. The Morgan fingerprint density at radius 1 is 1.03 bits per heavy atom. The number of aromatic nitrogens is 3. The summed E-state index contributed by atoms with van der Waals surface area (Å²) in [5.41, 5.74) is 4.65. The molecule has 0 unspecified atom stereocenters. The summed E-state index contributed by atoms with van der Waals surface area (Å²) in [6.45, 7) is 4.00. The van der Waals surface area contributed by atoms with Crippen molar-refractivity contribution in [2.75, 3.05) is 0 Å². The van der Waals surface area contributed by atoms with E-state index in [0.29, 0.717) is 12.5 Å². The average molecular weight is 389 g/mol. The van der Waals surface area contributed by atoms with E-state index in [9.17, 15) is 4.79 Å². The summed E-state index contributed by atoms with van der Waals surface area (Å²) in [6.07, 6.45) is 8.13. The molecule has 1 saturated carbocycles. The molecule has 5 nitrogen and oxygen atoms in total. The molecule has 0 amide bonds. The van der Waals surface area contributed by atoms with Gasteiger partial charge in [-0.05, 0) is 51.0 Å². The van der Waals surface area contributed by atoms with Crippen LogP contribution in [0.25, 0.3) is 5.69 Å². The number of hydrogen-bond donors (Lipinski definition) is 0. The highest BCUT2D eigenvalue weighted by Crippen LogP contribution is 2.20. The molecule has 0 atom stereocenters. The highest BCUT2D eigenvalue weighted by Gasteiger charge is 2.18. The molecular weight excluding hydrogens is 360 g/mol. The molecule has 1 aliphatic rings. The Balaban J connectivity index is 1.63. The first-order chi connectivity index (χ1) is 14.1. The molecule has 0 spiro atoms. The van der Waals surface area contributed by atoms with Gasteiger partial charge in [0.05, 0.1) is 23.8 Å². The van der Waals surface area contributed by atoms with Crippen LogP contribution in [0.4, 0.5) is 0 Å². The van der Waals surface area contributed by atoms with Gasteiger partial charge in [-0.15, -0.1) is 0 Å². The van der Waals surface area contributed by atoms with Gasteiger partial charge in [0.25, 0.3) is 0 Å². The van der Waals surface area contributed by atoms with Crippen LogP contribution in [-0.4, -0.2) is 26.3 Å². The molecule has 1 aliphatic carbocycles. The summed E-state index contributed by atoms with van der Waals surface area (Å²) in [5.74, 6) is 0.0268. The zero-order valence-corrected chi connectivity index (χ0v) is 17.2. The summed E-state index contributed by atoms with van der Waals surface area (Å²) in [7, 11) is 0. The molecule has 0 radical (unpaired) electrons. The lowest BCUT2D eigenvalue weighted by Crippen LogP contribution is -2.30. The average Bonchev–Trinajstić information content (AvgIpc) is 3.04. The lowest BCUT2D eigenvalue weighted by Gasteiger charge is -2.17. The smallest absolute Gasteiger partial charge is 0.236 e. The van der Waals surface area contributed by atoms with E-state index in [1.54, 1.807) is 4.57 Å². The lowest BCUT2D eigenvalue weighted by atomic mass is 9.96. The SMILES string of the molecule is Cc1nn(-c2ccccc2)c(C)c1CC(=O)n1ccccc1=NC1CCCCC1. The van der Waals surface area contributed by atoms with E-state index < -0.39 is 0 Å². The first-order valence-electron chi connectivity index (χ1n) is 10.5. The molecular formula is C24H28N4O. The second-order valence-electron chi connectivity index (χ2n) is 7.82. The zero-order chi connectivity index (χ0) is 20.2. The van der Waals surface area contributed by atoms with Gasteiger partial charge < -0.3 is 0 Å². The molecule has 0 N–H and O–H groups in total. The summed E-state index contributed by atoms with van der Waals surface area (Å²) in [5, 5.41) is 4.67. The summed E-state index contributed by atoms with van der Waals surface area (Å²) >= 11 is 0. The number of nitrogens with zero attached hydrogens (tertiary/aromatic N) is 4. The van der Waals surface area contributed by atoms with E-state index in [1.165, 1.54) is 19.3 Å². The minimum Gasteiger partial charge on any atom is -0.274 e. The molecule has 2 heterocycles. The van der Waals surface area contributed by atoms with Gasteiger partial charge in [0.1, 0.15) is 5.49 Å². The Labute approximate surface area is 171 Å². The maximum atomic E-state index is 13.2. The zero-order valence-electron chi connectivity index (χ0n) is 17.2. The molecule has 150 valence electrons. The number of carbonyl (C=O) groups is 1. The third-order valence-corrected chi connectivity index (χ3v) is 5.77. The summed E-state index contributed by atoms with van der Waals surface area (Å²) in [6, 6.07) is 16.2. The predicted molar refractivity (Wildman–Crippen MR) is 114 cm³/mol. The lowest BCUT2D eigenvalue weighted by molar-refractivity contribution is 0.0907. The number of rotatable bonds is 4. The maximum Gasteiger partial charge on any atom is 0.236 e. The molecule has 0 bridgehead atoms. The number of hydrogen-bond acceptors (Lipinski definition) is 3. The van der Waals surface area contributed by atoms with Crippen LogP contribution in [0, 0.1) is 13.8 Å². The molecule has 3 aromatic rings. The van der Waals surface area contributed by atoms with E-state index in [2.05, 4.69) is 5.10 Å². The summed E-state index contributed by atoms with van der Waals surface area (Å²) < 4.78 is 3.62. The van der Waals surface area contributed by atoms with Crippen molar-refractivity contribution in [2.24, 2.45) is 4.99 Å². The number of pyridine rings is 1. The third-order valence-electron chi connectivity index (χ3n) is 5.77. The highest BCUT2D eigenvalue weighted by atomic mass is 16.2. The van der Waals surface area contributed by atoms with Crippen LogP contribution in [0.3, 0.4) is 0 Å². The van der Waals surface area contributed by atoms with E-state index in [0.717, 1.165) is 41.0 Å². The monoisotopic (exact) mass is 388 g/mol. The standard InChI is InChI=1S/C24H28N4O/c1-18-22(19(2)28(26-18)21-13-7-4-8-14-21)17-24(29)27-16-10-9-15-23(27)25-20-11-5-3-6-12-20/h4,7-10,13-16,20H,3,5-6,11-12,17H2,1-2H3. The third kappa shape index (κ3) is 4.24. The number of carbonyl (C=O) groups excluding carboxylic acids is 1. The first-order valence-corrected chi connectivity index (χ1v) is 10.5. The van der Waals surface area contributed by atoms with Crippen LogP contribution in [0.15, 0.2) is 59.7 Å². The Hall–Kier alpha value is -2.95. The van der Waals surface area contributed by atoms with E-state index >= 15 is 0 Å². The summed E-state index contributed by atoms with van der Waals surface area (Å²) in [4.78, 5) is 18.1. The van der Waals surface area contributed by atoms with E-state index in [1.807, 2.05) is 73.3 Å². The molecule has 0 aliphatic heterocycles. The second-order valence-corrected chi connectivity index (χ2v) is 7.82. The van der Waals surface area contributed by atoms with Crippen molar-refractivity contribution >= 4 is 5.91 Å². The first kappa shape index (κ1) is 19.4. The predicted octanol–water partition coefficient (Wildman–Crippen LogP) is 4.41. The number of benzene rings is 1. The molecule has 0 saturated heterocycles. The Bertz CT molecular complexity index is 1060. The Kier molecular flexibility index (Phi) is 5.74. The minimum atomic E-state index is 0.0268. The van der Waals surface area contributed by atoms with Crippen LogP contribution in [0.5, 0.6) is 0 Å². The normalized spacial score (nSPS) is 15.6. The molecule has 2 aromatic heterocycles. The van der Waals surface area contributed by atoms with Crippen molar-refractivity contribution in [1.82, 2.24) is 14.3 Å². The maximum absolute atomic E-state index is 13.2. The van der Waals surface area contributed by atoms with E-state index in [-0.39, 0.29) is 5.91 Å². The van der Waals surface area contributed by atoms with Crippen molar-refractivity contribution in [3.05, 3.63) is 77.2 Å². The van der Waals surface area contributed by atoms with Gasteiger partial charge in [-0.25, -0.2) is 4.68 Å². The van der Waals surface area contributed by atoms with Crippen molar-refractivity contribution in [3.8, 4) is 5.69 Å². The van der Waals surface area contributed by atoms with Gasteiger partial charge in [-0.1, -0.05) is 43.5 Å². The molecule has 5 heteroatoms. The molecule has 4 rings (SSSR count). The number of aryl methyl sites for hydroxylation is 1. The second kappa shape index (κ2) is 8.60. The minimum absolute atomic E-state index is 0.0268. The quantitative estimate of drug-likeness (QED) is 0.665. The van der Waals surface area contributed by atoms with Gasteiger partial charge in [0, 0.05) is 17.5 Å². The molecule has 29 heavy (non-hydrogen) atoms. The van der Waals surface area contributed by atoms with Gasteiger partial charge in [-0.2, -0.15) is 5.10 Å².